The molecule has 0 aromatic carbocycles. The minimum atomic E-state index is 0.391. The van der Waals surface area contributed by atoms with Gasteiger partial charge < -0.3 is 5.43 Å². The van der Waals surface area contributed by atoms with E-state index in [4.69, 9.17) is 5.84 Å². The Bertz CT molecular complexity index is 203. The first kappa shape index (κ1) is 7.08. The summed E-state index contributed by atoms with van der Waals surface area (Å²) in [5.41, 5.74) is 3.36. The maximum absolute atomic E-state index is 5.16. The Labute approximate surface area is 60.0 Å². The van der Waals surface area contributed by atoms with Crippen LogP contribution in [0.25, 0.3) is 0 Å². The van der Waals surface area contributed by atoms with Crippen molar-refractivity contribution in [1.82, 2.24) is 9.78 Å². The van der Waals surface area contributed by atoms with Crippen LogP contribution in [-0.4, -0.2) is 9.78 Å². The molecule has 1 heterocycles. The fourth-order valence-electron chi connectivity index (χ4n) is 0.695. The lowest BCUT2D eigenvalue weighted by molar-refractivity contribution is 0.532. The van der Waals surface area contributed by atoms with E-state index in [9.17, 15) is 0 Å². The molecule has 0 aliphatic rings. The van der Waals surface area contributed by atoms with E-state index in [2.05, 4.69) is 24.4 Å². The van der Waals surface area contributed by atoms with Crippen LogP contribution in [0.2, 0.25) is 0 Å². The number of nitrogens with one attached hydrogen (secondary N) is 1. The van der Waals surface area contributed by atoms with Gasteiger partial charge in [-0.25, -0.2) is 0 Å². The van der Waals surface area contributed by atoms with Crippen molar-refractivity contribution >= 4 is 5.69 Å². The number of nitrogens with zero attached hydrogens (tertiary/aromatic N) is 2. The van der Waals surface area contributed by atoms with E-state index >= 15 is 0 Å². The van der Waals surface area contributed by atoms with E-state index in [-0.39, 0.29) is 0 Å². The highest BCUT2D eigenvalue weighted by Crippen LogP contribution is 2.07. The van der Waals surface area contributed by atoms with Crippen molar-refractivity contribution in [2.24, 2.45) is 5.84 Å². The Balaban J connectivity index is 2.78. The van der Waals surface area contributed by atoms with Crippen molar-refractivity contribution in [2.45, 2.75) is 19.9 Å². The smallest absolute Gasteiger partial charge is 0.0868 e. The third-order valence-electron chi connectivity index (χ3n) is 1.30. The number of rotatable bonds is 2. The van der Waals surface area contributed by atoms with Gasteiger partial charge in [-0.1, -0.05) is 0 Å². The zero-order valence-corrected chi connectivity index (χ0v) is 6.20. The van der Waals surface area contributed by atoms with E-state index in [0.717, 1.165) is 5.69 Å². The molecule has 0 aliphatic heterocycles. The summed E-state index contributed by atoms with van der Waals surface area (Å²) in [6.45, 7) is 4.13. The molecule has 0 fully saturated rings. The summed E-state index contributed by atoms with van der Waals surface area (Å²) < 4.78 is 1.84. The van der Waals surface area contributed by atoms with E-state index in [1.807, 2.05) is 10.9 Å². The molecule has 1 rings (SSSR count). The van der Waals surface area contributed by atoms with Crippen molar-refractivity contribution in [3.8, 4) is 0 Å². The first-order valence-corrected chi connectivity index (χ1v) is 3.25. The number of nitrogen functional groups attached to an aromatic ring is 1. The third-order valence-corrected chi connectivity index (χ3v) is 1.30. The number of hydrogen-bond acceptors (Lipinski definition) is 3. The van der Waals surface area contributed by atoms with Gasteiger partial charge >= 0.3 is 0 Å². The summed E-state index contributed by atoms with van der Waals surface area (Å²) in [7, 11) is 0. The maximum atomic E-state index is 5.16. The van der Waals surface area contributed by atoms with Crippen molar-refractivity contribution in [2.75, 3.05) is 5.43 Å². The van der Waals surface area contributed by atoms with Crippen LogP contribution in [0.5, 0.6) is 0 Å². The third kappa shape index (κ3) is 1.27. The van der Waals surface area contributed by atoms with Gasteiger partial charge in [-0.15, -0.1) is 0 Å². The second-order valence-electron chi connectivity index (χ2n) is 2.45. The molecular formula is C6H12N4. The standard InChI is InChI=1S/C6H12N4/c1-5(2)10-4-6(9-7)3-8-10/h3-5,9H,7H2,1-2H3. The number of nitrogens with two attached hydrogens (primary N) is 1. The summed E-state index contributed by atoms with van der Waals surface area (Å²) in [5, 5.41) is 4.06. The molecule has 0 atom stereocenters. The van der Waals surface area contributed by atoms with E-state index in [0.29, 0.717) is 6.04 Å². The first-order chi connectivity index (χ1) is 4.74. The molecule has 0 bridgehead atoms. The molecule has 4 nitrogen and oxygen atoms in total. The van der Waals surface area contributed by atoms with Gasteiger partial charge in [0.05, 0.1) is 11.9 Å². The first-order valence-electron chi connectivity index (χ1n) is 3.25. The van der Waals surface area contributed by atoms with Gasteiger partial charge in [0, 0.05) is 12.2 Å². The van der Waals surface area contributed by atoms with Crippen LogP contribution in [0.4, 0.5) is 5.69 Å². The molecule has 0 aliphatic carbocycles. The van der Waals surface area contributed by atoms with Gasteiger partial charge in [-0.2, -0.15) is 5.10 Å². The Hall–Kier alpha value is -1.03. The fraction of sp³-hybridized carbons (Fsp3) is 0.500. The van der Waals surface area contributed by atoms with Crippen LogP contribution in [0.15, 0.2) is 12.4 Å². The molecular weight excluding hydrogens is 128 g/mol. The van der Waals surface area contributed by atoms with Gasteiger partial charge in [0.1, 0.15) is 0 Å². The molecule has 0 saturated heterocycles. The Morgan fingerprint density at radius 3 is 2.70 bits per heavy atom. The van der Waals surface area contributed by atoms with Crippen LogP contribution in [0, 0.1) is 0 Å². The van der Waals surface area contributed by atoms with E-state index in [1.54, 1.807) is 6.20 Å². The monoisotopic (exact) mass is 140 g/mol. The Morgan fingerprint density at radius 1 is 1.70 bits per heavy atom. The zero-order valence-electron chi connectivity index (χ0n) is 6.20. The highest BCUT2D eigenvalue weighted by Gasteiger charge is 1.98. The number of hydrazine groups is 1. The highest BCUT2D eigenvalue weighted by molar-refractivity contribution is 5.36. The minimum Gasteiger partial charge on any atom is -0.321 e. The summed E-state index contributed by atoms with van der Waals surface area (Å²) in [6.07, 6.45) is 3.56. The molecule has 0 amide bonds. The summed E-state index contributed by atoms with van der Waals surface area (Å²) in [4.78, 5) is 0. The van der Waals surface area contributed by atoms with Gasteiger partial charge in [0.2, 0.25) is 0 Å². The van der Waals surface area contributed by atoms with Crippen LogP contribution in [-0.2, 0) is 0 Å². The molecule has 0 spiro atoms. The molecule has 0 saturated carbocycles. The highest BCUT2D eigenvalue weighted by atomic mass is 15.3. The molecule has 1 aromatic heterocycles. The molecule has 56 valence electrons. The zero-order chi connectivity index (χ0) is 7.56. The molecule has 0 unspecified atom stereocenters. The topological polar surface area (TPSA) is 55.9 Å². The van der Waals surface area contributed by atoms with Gasteiger partial charge in [0.25, 0.3) is 0 Å². The predicted octanol–water partition coefficient (Wildman–Crippen LogP) is 0.750. The largest absolute Gasteiger partial charge is 0.321 e. The van der Waals surface area contributed by atoms with Crippen molar-refractivity contribution in [3.63, 3.8) is 0 Å². The second kappa shape index (κ2) is 2.70. The lowest BCUT2D eigenvalue weighted by Crippen LogP contribution is -2.05. The van der Waals surface area contributed by atoms with Crippen molar-refractivity contribution in [3.05, 3.63) is 12.4 Å². The normalized spacial score (nSPS) is 10.4. The van der Waals surface area contributed by atoms with Gasteiger partial charge in [-0.05, 0) is 13.8 Å². The SMILES string of the molecule is CC(C)n1cc(NN)cn1. The molecule has 3 N–H and O–H groups in total. The van der Waals surface area contributed by atoms with Crippen LogP contribution in [0.3, 0.4) is 0 Å². The van der Waals surface area contributed by atoms with E-state index in [1.165, 1.54) is 0 Å². The lowest BCUT2D eigenvalue weighted by atomic mass is 10.4. The van der Waals surface area contributed by atoms with Crippen molar-refractivity contribution in [1.29, 1.82) is 0 Å². The summed E-state index contributed by atoms with van der Waals surface area (Å²) in [5.74, 6) is 5.16. The number of anilines is 1. The second-order valence-corrected chi connectivity index (χ2v) is 2.45. The number of aromatic nitrogens is 2. The Kier molecular flexibility index (Phi) is 1.91. The van der Waals surface area contributed by atoms with Gasteiger partial charge in [0.15, 0.2) is 0 Å². The average molecular weight is 140 g/mol. The Morgan fingerprint density at radius 2 is 2.40 bits per heavy atom. The molecule has 10 heavy (non-hydrogen) atoms. The van der Waals surface area contributed by atoms with Crippen LogP contribution >= 0.6 is 0 Å². The number of hydrogen-bond donors (Lipinski definition) is 2. The van der Waals surface area contributed by atoms with Crippen LogP contribution in [0.1, 0.15) is 19.9 Å². The average Bonchev–Trinajstić information content (AvgIpc) is 2.34. The molecule has 4 heteroatoms. The minimum absolute atomic E-state index is 0.391. The fourth-order valence-corrected chi connectivity index (χ4v) is 0.695. The summed E-state index contributed by atoms with van der Waals surface area (Å²) in [6, 6.07) is 0.391. The van der Waals surface area contributed by atoms with Crippen molar-refractivity contribution < 1.29 is 0 Å². The summed E-state index contributed by atoms with van der Waals surface area (Å²) >= 11 is 0. The maximum Gasteiger partial charge on any atom is 0.0868 e. The van der Waals surface area contributed by atoms with Gasteiger partial charge in [-0.3, -0.25) is 10.5 Å². The van der Waals surface area contributed by atoms with Crippen LogP contribution < -0.4 is 11.3 Å². The lowest BCUT2D eigenvalue weighted by Gasteiger charge is -2.02. The molecule has 0 radical (unpaired) electrons. The molecule has 1 aromatic rings. The van der Waals surface area contributed by atoms with E-state index < -0.39 is 0 Å². The quantitative estimate of drug-likeness (QED) is 0.470. The predicted molar refractivity (Wildman–Crippen MR) is 40.4 cm³/mol.